The highest BCUT2D eigenvalue weighted by molar-refractivity contribution is 5.56. The second kappa shape index (κ2) is 6.09. The van der Waals surface area contributed by atoms with E-state index in [4.69, 9.17) is 0 Å². The molecule has 0 fully saturated rings. The molecule has 0 aliphatic carbocycles. The Morgan fingerprint density at radius 2 is 1.75 bits per heavy atom. The molecule has 1 N–H and O–H groups in total. The molecular weight excluding hydrogens is 253 g/mol. The van der Waals surface area contributed by atoms with E-state index in [9.17, 15) is 4.39 Å². The Morgan fingerprint density at radius 3 is 2.30 bits per heavy atom. The van der Waals surface area contributed by atoms with Crippen molar-refractivity contribution in [2.75, 3.05) is 6.54 Å². The third-order valence-electron chi connectivity index (χ3n) is 3.40. The zero-order chi connectivity index (χ0) is 14.7. The van der Waals surface area contributed by atoms with Gasteiger partial charge in [-0.1, -0.05) is 19.1 Å². The van der Waals surface area contributed by atoms with Crippen LogP contribution in [0.25, 0.3) is 11.4 Å². The van der Waals surface area contributed by atoms with Crippen LogP contribution in [0.5, 0.6) is 0 Å². The van der Waals surface area contributed by atoms with E-state index in [0.717, 1.165) is 30.0 Å². The van der Waals surface area contributed by atoms with Gasteiger partial charge >= 0.3 is 0 Å². The van der Waals surface area contributed by atoms with Crippen molar-refractivity contribution in [1.29, 1.82) is 0 Å². The lowest BCUT2D eigenvalue weighted by molar-refractivity contribution is 0.619. The molecule has 1 aromatic carbocycles. The van der Waals surface area contributed by atoms with Gasteiger partial charge in [0.1, 0.15) is 5.82 Å². The third-order valence-corrected chi connectivity index (χ3v) is 3.40. The van der Waals surface area contributed by atoms with Gasteiger partial charge in [-0.25, -0.2) is 14.4 Å². The van der Waals surface area contributed by atoms with Gasteiger partial charge in [0.25, 0.3) is 0 Å². The van der Waals surface area contributed by atoms with Crippen LogP contribution in [0.4, 0.5) is 4.39 Å². The Balaban J connectivity index is 2.41. The highest BCUT2D eigenvalue weighted by Crippen LogP contribution is 2.21. The summed E-state index contributed by atoms with van der Waals surface area (Å²) in [6.45, 7) is 9.41. The molecule has 1 heterocycles. The molecule has 0 bridgehead atoms. The summed E-state index contributed by atoms with van der Waals surface area (Å²) in [6.07, 6.45) is 0. The fourth-order valence-corrected chi connectivity index (χ4v) is 2.11. The van der Waals surface area contributed by atoms with Crippen molar-refractivity contribution < 1.29 is 4.39 Å². The lowest BCUT2D eigenvalue weighted by Crippen LogP contribution is -2.15. The van der Waals surface area contributed by atoms with Crippen LogP contribution in [0, 0.1) is 26.6 Å². The van der Waals surface area contributed by atoms with Gasteiger partial charge in [0.05, 0.1) is 0 Å². The summed E-state index contributed by atoms with van der Waals surface area (Å²) in [4.78, 5) is 9.02. The second-order valence-corrected chi connectivity index (χ2v) is 4.94. The maximum Gasteiger partial charge on any atom is 0.159 e. The molecule has 4 heteroatoms. The monoisotopic (exact) mass is 273 g/mol. The highest BCUT2D eigenvalue weighted by Gasteiger charge is 2.10. The first kappa shape index (κ1) is 14.6. The topological polar surface area (TPSA) is 37.8 Å². The predicted molar refractivity (Wildman–Crippen MR) is 79.0 cm³/mol. The van der Waals surface area contributed by atoms with E-state index in [-0.39, 0.29) is 5.82 Å². The maximum absolute atomic E-state index is 13.6. The van der Waals surface area contributed by atoms with Gasteiger partial charge in [0.15, 0.2) is 5.82 Å². The van der Waals surface area contributed by atoms with Crippen LogP contribution in [-0.2, 0) is 6.54 Å². The van der Waals surface area contributed by atoms with E-state index in [1.807, 2.05) is 19.9 Å². The summed E-state index contributed by atoms with van der Waals surface area (Å²) in [6, 6.07) is 5.11. The number of rotatable bonds is 4. The number of halogens is 1. The lowest BCUT2D eigenvalue weighted by atomic mass is 10.1. The van der Waals surface area contributed by atoms with Gasteiger partial charge in [0.2, 0.25) is 0 Å². The van der Waals surface area contributed by atoms with Crippen LogP contribution in [-0.4, -0.2) is 16.5 Å². The SMILES string of the molecule is CCNCc1c(C)nc(-c2ccc(C)c(F)c2)nc1C. The van der Waals surface area contributed by atoms with Crippen molar-refractivity contribution in [1.82, 2.24) is 15.3 Å². The zero-order valence-electron chi connectivity index (χ0n) is 12.4. The summed E-state index contributed by atoms with van der Waals surface area (Å²) in [7, 11) is 0. The molecule has 0 saturated carbocycles. The number of nitrogens with zero attached hydrogens (tertiary/aromatic N) is 2. The van der Waals surface area contributed by atoms with Crippen molar-refractivity contribution in [2.45, 2.75) is 34.2 Å². The third kappa shape index (κ3) is 3.02. The average molecular weight is 273 g/mol. The van der Waals surface area contributed by atoms with E-state index < -0.39 is 0 Å². The van der Waals surface area contributed by atoms with Crippen molar-refractivity contribution in [3.05, 3.63) is 46.5 Å². The molecule has 20 heavy (non-hydrogen) atoms. The molecule has 0 atom stereocenters. The Morgan fingerprint density at radius 1 is 1.10 bits per heavy atom. The standard InChI is InChI=1S/C16H20FN3/c1-5-18-9-14-11(3)19-16(20-12(14)4)13-7-6-10(2)15(17)8-13/h6-8,18H,5,9H2,1-4H3. The fourth-order valence-electron chi connectivity index (χ4n) is 2.11. The van der Waals surface area contributed by atoms with Crippen molar-refractivity contribution in [2.24, 2.45) is 0 Å². The van der Waals surface area contributed by atoms with Crippen LogP contribution < -0.4 is 5.32 Å². The number of hydrogen-bond donors (Lipinski definition) is 1. The van der Waals surface area contributed by atoms with Gasteiger partial charge < -0.3 is 5.32 Å². The van der Waals surface area contributed by atoms with E-state index in [1.165, 1.54) is 6.07 Å². The van der Waals surface area contributed by atoms with Gasteiger partial charge in [-0.3, -0.25) is 0 Å². The Kier molecular flexibility index (Phi) is 4.45. The van der Waals surface area contributed by atoms with Gasteiger partial charge in [-0.15, -0.1) is 0 Å². The van der Waals surface area contributed by atoms with Crippen LogP contribution in [0.2, 0.25) is 0 Å². The summed E-state index contributed by atoms with van der Waals surface area (Å²) in [5.74, 6) is 0.359. The summed E-state index contributed by atoms with van der Waals surface area (Å²) in [5.41, 5.74) is 4.34. The molecule has 0 amide bonds. The van der Waals surface area contributed by atoms with Crippen molar-refractivity contribution in [3.8, 4) is 11.4 Å². The molecule has 3 nitrogen and oxygen atoms in total. The first-order valence-electron chi connectivity index (χ1n) is 6.84. The highest BCUT2D eigenvalue weighted by atomic mass is 19.1. The molecule has 0 aliphatic rings. The van der Waals surface area contributed by atoms with E-state index in [1.54, 1.807) is 13.0 Å². The summed E-state index contributed by atoms with van der Waals surface area (Å²) >= 11 is 0. The normalized spacial score (nSPS) is 10.8. The van der Waals surface area contributed by atoms with Crippen LogP contribution in [0.15, 0.2) is 18.2 Å². The van der Waals surface area contributed by atoms with E-state index in [0.29, 0.717) is 17.0 Å². The van der Waals surface area contributed by atoms with Gasteiger partial charge in [-0.2, -0.15) is 0 Å². The van der Waals surface area contributed by atoms with E-state index in [2.05, 4.69) is 22.2 Å². The molecule has 0 radical (unpaired) electrons. The number of aryl methyl sites for hydroxylation is 3. The molecule has 2 aromatic rings. The van der Waals surface area contributed by atoms with Gasteiger partial charge in [-0.05, 0) is 38.9 Å². The Hall–Kier alpha value is -1.81. The maximum atomic E-state index is 13.6. The van der Waals surface area contributed by atoms with Crippen molar-refractivity contribution in [3.63, 3.8) is 0 Å². The summed E-state index contributed by atoms with van der Waals surface area (Å²) in [5, 5.41) is 3.28. The minimum atomic E-state index is -0.224. The van der Waals surface area contributed by atoms with Crippen LogP contribution in [0.1, 0.15) is 29.4 Å². The Bertz CT molecular complexity index is 600. The second-order valence-electron chi connectivity index (χ2n) is 4.94. The minimum Gasteiger partial charge on any atom is -0.313 e. The number of nitrogens with one attached hydrogen (secondary N) is 1. The molecule has 2 rings (SSSR count). The molecular formula is C16H20FN3. The van der Waals surface area contributed by atoms with Gasteiger partial charge in [0, 0.05) is 29.1 Å². The Labute approximate surface area is 119 Å². The van der Waals surface area contributed by atoms with Crippen molar-refractivity contribution >= 4 is 0 Å². The average Bonchev–Trinajstić information content (AvgIpc) is 2.41. The first-order valence-corrected chi connectivity index (χ1v) is 6.84. The predicted octanol–water partition coefficient (Wildman–Crippen LogP) is 3.32. The summed E-state index contributed by atoms with van der Waals surface area (Å²) < 4.78 is 13.6. The van der Waals surface area contributed by atoms with Crippen LogP contribution >= 0.6 is 0 Å². The molecule has 0 spiro atoms. The largest absolute Gasteiger partial charge is 0.313 e. The first-order chi connectivity index (χ1) is 9.52. The lowest BCUT2D eigenvalue weighted by Gasteiger charge is -2.11. The fraction of sp³-hybridized carbons (Fsp3) is 0.375. The number of hydrogen-bond acceptors (Lipinski definition) is 3. The molecule has 0 saturated heterocycles. The van der Waals surface area contributed by atoms with Crippen LogP contribution in [0.3, 0.4) is 0 Å². The molecule has 0 aliphatic heterocycles. The number of aromatic nitrogens is 2. The molecule has 106 valence electrons. The minimum absolute atomic E-state index is 0.224. The number of benzene rings is 1. The zero-order valence-corrected chi connectivity index (χ0v) is 12.4. The smallest absolute Gasteiger partial charge is 0.159 e. The quantitative estimate of drug-likeness (QED) is 0.928. The molecule has 1 aromatic heterocycles. The molecule has 0 unspecified atom stereocenters. The van der Waals surface area contributed by atoms with E-state index >= 15 is 0 Å².